The average Bonchev–Trinajstić information content (AvgIpc) is 2.32. The Morgan fingerprint density at radius 2 is 2.15 bits per heavy atom. The second-order valence-electron chi connectivity index (χ2n) is 3.82. The van der Waals surface area contributed by atoms with E-state index in [0.29, 0.717) is 11.1 Å². The van der Waals surface area contributed by atoms with Crippen LogP contribution in [0.25, 0.3) is 0 Å². The molecule has 0 amide bonds. The van der Waals surface area contributed by atoms with Crippen LogP contribution in [0.15, 0.2) is 16.6 Å². The number of carbonyl (C=O) groups is 1. The van der Waals surface area contributed by atoms with Crippen LogP contribution in [-0.2, 0) is 14.8 Å². The maximum Gasteiger partial charge on any atom is 0.323 e. The third-order valence-corrected chi connectivity index (χ3v) is 4.81. The lowest BCUT2D eigenvalue weighted by Gasteiger charge is -2.16. The summed E-state index contributed by atoms with van der Waals surface area (Å²) in [6, 6.07) is 2.90. The summed E-state index contributed by atoms with van der Waals surface area (Å²) >= 11 is 9.07. The molecule has 0 bridgehead atoms. The topological polar surface area (TPSA) is 92.7 Å². The van der Waals surface area contributed by atoms with Crippen molar-refractivity contribution in [3.05, 3.63) is 21.6 Å². The molecule has 0 aliphatic heterocycles. The Kier molecular flexibility index (Phi) is 5.67. The standard InChI is InChI=1S/C11H13BrClNO5S/c1-3-19-10-8(12)4-7(13)5-9(10)14-20(17,18)6(2)11(15)16/h4-6,14H,3H2,1-2H3,(H,15,16). The molecule has 0 aliphatic rings. The molecular formula is C11H13BrClNO5S. The van der Waals surface area contributed by atoms with E-state index in [9.17, 15) is 13.2 Å². The van der Waals surface area contributed by atoms with Crippen molar-refractivity contribution in [2.45, 2.75) is 19.1 Å². The molecule has 1 aromatic carbocycles. The quantitative estimate of drug-likeness (QED) is 0.784. The van der Waals surface area contributed by atoms with Gasteiger partial charge in [-0.15, -0.1) is 0 Å². The highest BCUT2D eigenvalue weighted by molar-refractivity contribution is 9.10. The Hall–Kier alpha value is -0.990. The maximum absolute atomic E-state index is 11.9. The number of benzene rings is 1. The fourth-order valence-electron chi connectivity index (χ4n) is 1.30. The molecule has 112 valence electrons. The molecule has 0 aliphatic carbocycles. The zero-order valence-corrected chi connectivity index (χ0v) is 13.8. The third kappa shape index (κ3) is 4.00. The Bertz CT molecular complexity index is 619. The van der Waals surface area contributed by atoms with Crippen molar-refractivity contribution in [1.82, 2.24) is 0 Å². The Balaban J connectivity index is 3.23. The van der Waals surface area contributed by atoms with Gasteiger partial charge in [0.25, 0.3) is 0 Å². The van der Waals surface area contributed by atoms with Crippen LogP contribution in [0.1, 0.15) is 13.8 Å². The molecule has 0 radical (unpaired) electrons. The molecule has 20 heavy (non-hydrogen) atoms. The van der Waals surface area contributed by atoms with Crippen LogP contribution in [0.2, 0.25) is 5.02 Å². The number of aliphatic carboxylic acids is 1. The third-order valence-electron chi connectivity index (χ3n) is 2.36. The van der Waals surface area contributed by atoms with Crippen LogP contribution in [0.5, 0.6) is 5.75 Å². The van der Waals surface area contributed by atoms with Gasteiger partial charge in [-0.05, 0) is 41.9 Å². The summed E-state index contributed by atoms with van der Waals surface area (Å²) in [6.07, 6.45) is 0. The largest absolute Gasteiger partial charge is 0.490 e. The lowest BCUT2D eigenvalue weighted by Crippen LogP contribution is -2.32. The number of sulfonamides is 1. The molecule has 0 saturated heterocycles. The number of ether oxygens (including phenoxy) is 1. The van der Waals surface area contributed by atoms with Gasteiger partial charge >= 0.3 is 5.97 Å². The summed E-state index contributed by atoms with van der Waals surface area (Å²) < 4.78 is 31.8. The predicted molar refractivity (Wildman–Crippen MR) is 80.0 cm³/mol. The van der Waals surface area contributed by atoms with Crippen LogP contribution in [0.4, 0.5) is 5.69 Å². The summed E-state index contributed by atoms with van der Waals surface area (Å²) in [5, 5.41) is 7.47. The normalized spacial score (nSPS) is 12.8. The van der Waals surface area contributed by atoms with E-state index in [1.807, 2.05) is 0 Å². The van der Waals surface area contributed by atoms with Crippen molar-refractivity contribution >= 4 is 49.2 Å². The van der Waals surface area contributed by atoms with Crippen molar-refractivity contribution in [2.24, 2.45) is 0 Å². The van der Waals surface area contributed by atoms with Gasteiger partial charge in [-0.25, -0.2) is 8.42 Å². The number of carboxylic acid groups (broad SMARTS) is 1. The second-order valence-corrected chi connectivity index (χ2v) is 7.12. The van der Waals surface area contributed by atoms with Crippen molar-refractivity contribution in [1.29, 1.82) is 0 Å². The average molecular weight is 387 g/mol. The molecule has 1 rings (SSSR count). The SMILES string of the molecule is CCOc1c(Br)cc(Cl)cc1NS(=O)(=O)C(C)C(=O)O. The van der Waals surface area contributed by atoms with Gasteiger partial charge in [0.1, 0.15) is 0 Å². The van der Waals surface area contributed by atoms with Gasteiger partial charge < -0.3 is 9.84 Å². The number of rotatable bonds is 6. The van der Waals surface area contributed by atoms with Gasteiger partial charge in [0.15, 0.2) is 11.0 Å². The van der Waals surface area contributed by atoms with Gasteiger partial charge in [0, 0.05) is 5.02 Å². The molecule has 2 N–H and O–H groups in total. The van der Waals surface area contributed by atoms with E-state index in [-0.39, 0.29) is 16.5 Å². The molecule has 0 heterocycles. The van der Waals surface area contributed by atoms with Crippen LogP contribution < -0.4 is 9.46 Å². The van der Waals surface area contributed by atoms with Gasteiger partial charge in [0.05, 0.1) is 16.8 Å². The summed E-state index contributed by atoms with van der Waals surface area (Å²) in [5.41, 5.74) is 0.0827. The van der Waals surface area contributed by atoms with E-state index in [0.717, 1.165) is 6.92 Å². The molecule has 0 aromatic heterocycles. The number of hydrogen-bond donors (Lipinski definition) is 2. The van der Waals surface area contributed by atoms with Crippen LogP contribution in [-0.4, -0.2) is 31.4 Å². The first-order valence-electron chi connectivity index (χ1n) is 5.55. The highest BCUT2D eigenvalue weighted by Crippen LogP contribution is 2.37. The minimum absolute atomic E-state index is 0.0827. The van der Waals surface area contributed by atoms with Crippen molar-refractivity contribution < 1.29 is 23.1 Å². The Morgan fingerprint density at radius 3 is 2.65 bits per heavy atom. The van der Waals surface area contributed by atoms with Gasteiger partial charge in [-0.1, -0.05) is 11.6 Å². The first-order valence-corrected chi connectivity index (χ1v) is 8.27. The molecule has 1 unspecified atom stereocenters. The summed E-state index contributed by atoms with van der Waals surface area (Å²) in [4.78, 5) is 10.8. The van der Waals surface area contributed by atoms with Crippen molar-refractivity contribution in [3.63, 3.8) is 0 Å². The fourth-order valence-corrected chi connectivity index (χ4v) is 3.13. The number of carboxylic acids is 1. The molecule has 1 atom stereocenters. The van der Waals surface area contributed by atoms with E-state index in [1.165, 1.54) is 6.07 Å². The summed E-state index contributed by atoms with van der Waals surface area (Å²) in [5.74, 6) is -1.20. The van der Waals surface area contributed by atoms with E-state index in [2.05, 4.69) is 20.7 Å². The van der Waals surface area contributed by atoms with Gasteiger partial charge in [-0.3, -0.25) is 9.52 Å². The minimum atomic E-state index is -4.10. The first kappa shape index (κ1) is 17.1. The van der Waals surface area contributed by atoms with Crippen LogP contribution in [0, 0.1) is 0 Å². The zero-order valence-electron chi connectivity index (χ0n) is 10.7. The lowest BCUT2D eigenvalue weighted by molar-refractivity contribution is -0.136. The second kappa shape index (κ2) is 6.64. The summed E-state index contributed by atoms with van der Waals surface area (Å²) in [6.45, 7) is 3.12. The van der Waals surface area contributed by atoms with Gasteiger partial charge in [-0.2, -0.15) is 0 Å². The first-order chi connectivity index (χ1) is 9.19. The number of hydrogen-bond acceptors (Lipinski definition) is 4. The van der Waals surface area contributed by atoms with Crippen LogP contribution in [0.3, 0.4) is 0 Å². The maximum atomic E-state index is 11.9. The molecular weight excluding hydrogens is 374 g/mol. The van der Waals surface area contributed by atoms with Crippen molar-refractivity contribution in [2.75, 3.05) is 11.3 Å². The van der Waals surface area contributed by atoms with Crippen LogP contribution >= 0.6 is 27.5 Å². The number of nitrogens with one attached hydrogen (secondary N) is 1. The van der Waals surface area contributed by atoms with E-state index in [4.69, 9.17) is 21.4 Å². The molecule has 6 nitrogen and oxygen atoms in total. The monoisotopic (exact) mass is 385 g/mol. The molecule has 9 heteroatoms. The summed E-state index contributed by atoms with van der Waals surface area (Å²) in [7, 11) is -4.10. The van der Waals surface area contributed by atoms with E-state index in [1.54, 1.807) is 13.0 Å². The number of anilines is 1. The van der Waals surface area contributed by atoms with Crippen molar-refractivity contribution in [3.8, 4) is 5.75 Å². The fraction of sp³-hybridized carbons (Fsp3) is 0.364. The number of halogens is 2. The highest BCUT2D eigenvalue weighted by atomic mass is 79.9. The molecule has 0 fully saturated rings. The Morgan fingerprint density at radius 1 is 1.55 bits per heavy atom. The smallest absolute Gasteiger partial charge is 0.323 e. The molecule has 0 spiro atoms. The lowest BCUT2D eigenvalue weighted by atomic mass is 10.3. The molecule has 1 aromatic rings. The Labute approximate surface area is 130 Å². The predicted octanol–water partition coefficient (Wildman–Crippen LogP) is 2.72. The van der Waals surface area contributed by atoms with E-state index >= 15 is 0 Å². The van der Waals surface area contributed by atoms with E-state index < -0.39 is 21.2 Å². The van der Waals surface area contributed by atoms with Gasteiger partial charge in [0.2, 0.25) is 10.0 Å². The highest BCUT2D eigenvalue weighted by Gasteiger charge is 2.29. The zero-order chi connectivity index (χ0) is 15.5. The molecule has 0 saturated carbocycles. The minimum Gasteiger partial charge on any atom is -0.490 e.